The first-order valence-electron chi connectivity index (χ1n) is 4.38. The lowest BCUT2D eigenvalue weighted by Gasteiger charge is -2.21. The monoisotopic (exact) mass is 249 g/mol. The Kier molecular flexibility index (Phi) is 5.95. The number of alkyl halides is 1. The van der Waals surface area contributed by atoms with E-state index in [1.165, 1.54) is 6.92 Å². The molecule has 0 radical (unpaired) electrons. The van der Waals surface area contributed by atoms with Crippen LogP contribution in [0, 0.1) is 5.92 Å². The van der Waals surface area contributed by atoms with Crippen molar-refractivity contribution < 1.29 is 9.59 Å². The minimum Gasteiger partial charge on any atom is -0.346 e. The van der Waals surface area contributed by atoms with Crippen LogP contribution in [0.1, 0.15) is 27.2 Å². The topological polar surface area (TPSA) is 46.2 Å². The first kappa shape index (κ1) is 12.6. The second-order valence-corrected chi connectivity index (χ2v) is 3.72. The van der Waals surface area contributed by atoms with Crippen LogP contribution in [0.2, 0.25) is 0 Å². The largest absolute Gasteiger partial charge is 0.346 e. The lowest BCUT2D eigenvalue weighted by atomic mass is 9.96. The van der Waals surface area contributed by atoms with E-state index in [9.17, 15) is 9.59 Å². The molecule has 4 heteroatoms. The third-order valence-corrected chi connectivity index (χ3v) is 2.60. The Morgan fingerprint density at radius 1 is 1.46 bits per heavy atom. The Labute approximate surface area is 87.4 Å². The first-order valence-corrected chi connectivity index (χ1v) is 5.50. The van der Waals surface area contributed by atoms with Crippen molar-refractivity contribution in [2.45, 2.75) is 33.2 Å². The minimum atomic E-state index is -0.345. The molecule has 0 aliphatic carbocycles. The maximum Gasteiger partial charge on any atom is 0.217 e. The second-order valence-electron chi connectivity index (χ2n) is 3.16. The van der Waals surface area contributed by atoms with Gasteiger partial charge in [0.2, 0.25) is 5.91 Å². The fourth-order valence-corrected chi connectivity index (χ4v) is 1.43. The maximum atomic E-state index is 11.4. The van der Waals surface area contributed by atoms with Crippen LogP contribution < -0.4 is 5.32 Å². The van der Waals surface area contributed by atoms with E-state index < -0.39 is 0 Å². The van der Waals surface area contributed by atoms with Crippen molar-refractivity contribution in [3.05, 3.63) is 0 Å². The number of carbonyl (C=O) groups is 2. The molecule has 1 N–H and O–H groups in total. The molecule has 0 aromatic carbocycles. The summed E-state index contributed by atoms with van der Waals surface area (Å²) in [7, 11) is 0. The Morgan fingerprint density at radius 3 is 2.31 bits per heavy atom. The molecule has 0 aliphatic rings. The van der Waals surface area contributed by atoms with Crippen LogP contribution in [0.25, 0.3) is 0 Å². The van der Waals surface area contributed by atoms with Crippen LogP contribution in [0.5, 0.6) is 0 Å². The summed E-state index contributed by atoms with van der Waals surface area (Å²) in [4.78, 5) is 22.2. The SMILES string of the molecule is CCC(C)C(NC(C)=O)C(=O)CBr. The molecular formula is C9H16BrNO2. The number of carbonyl (C=O) groups excluding carboxylic acids is 2. The highest BCUT2D eigenvalue weighted by molar-refractivity contribution is 9.09. The molecule has 0 aromatic heterocycles. The van der Waals surface area contributed by atoms with Gasteiger partial charge in [-0.2, -0.15) is 0 Å². The van der Waals surface area contributed by atoms with Crippen LogP contribution in [-0.4, -0.2) is 23.1 Å². The van der Waals surface area contributed by atoms with Gasteiger partial charge in [-0.15, -0.1) is 0 Å². The molecule has 76 valence electrons. The molecule has 3 nitrogen and oxygen atoms in total. The van der Waals surface area contributed by atoms with Gasteiger partial charge in [0.1, 0.15) is 0 Å². The predicted octanol–water partition coefficient (Wildman–Crippen LogP) is 1.50. The molecule has 0 fully saturated rings. The van der Waals surface area contributed by atoms with Crippen LogP contribution >= 0.6 is 15.9 Å². The third-order valence-electron chi connectivity index (χ3n) is 2.05. The van der Waals surface area contributed by atoms with Crippen molar-refractivity contribution in [2.75, 3.05) is 5.33 Å². The molecule has 1 amide bonds. The number of nitrogens with one attached hydrogen (secondary N) is 1. The maximum absolute atomic E-state index is 11.4. The average Bonchev–Trinajstić information content (AvgIpc) is 2.11. The fourth-order valence-electron chi connectivity index (χ4n) is 1.08. The summed E-state index contributed by atoms with van der Waals surface area (Å²) >= 11 is 3.10. The fraction of sp³-hybridized carbons (Fsp3) is 0.778. The molecule has 0 saturated carbocycles. The lowest BCUT2D eigenvalue weighted by Crippen LogP contribution is -2.44. The van der Waals surface area contributed by atoms with Crippen molar-refractivity contribution in [1.29, 1.82) is 0 Å². The second kappa shape index (κ2) is 6.13. The van der Waals surface area contributed by atoms with Crippen LogP contribution in [0.4, 0.5) is 0 Å². The predicted molar refractivity (Wildman–Crippen MR) is 55.9 cm³/mol. The van der Waals surface area contributed by atoms with Gasteiger partial charge >= 0.3 is 0 Å². The highest BCUT2D eigenvalue weighted by Crippen LogP contribution is 2.09. The van der Waals surface area contributed by atoms with E-state index in [1.807, 2.05) is 13.8 Å². The summed E-state index contributed by atoms with van der Waals surface area (Å²) in [5, 5.41) is 2.96. The zero-order valence-corrected chi connectivity index (χ0v) is 9.85. The number of ketones is 1. The van der Waals surface area contributed by atoms with Gasteiger partial charge in [-0.1, -0.05) is 36.2 Å². The van der Waals surface area contributed by atoms with Crippen molar-refractivity contribution in [3.63, 3.8) is 0 Å². The molecule has 0 aliphatic heterocycles. The van der Waals surface area contributed by atoms with E-state index in [4.69, 9.17) is 0 Å². The molecule has 0 aromatic rings. The molecule has 2 unspecified atom stereocenters. The van der Waals surface area contributed by atoms with E-state index in [0.29, 0.717) is 5.33 Å². The van der Waals surface area contributed by atoms with Crippen molar-refractivity contribution in [3.8, 4) is 0 Å². The van der Waals surface area contributed by atoms with E-state index in [-0.39, 0.29) is 23.7 Å². The lowest BCUT2D eigenvalue weighted by molar-refractivity contribution is -0.126. The number of rotatable bonds is 5. The Balaban J connectivity index is 4.35. The van der Waals surface area contributed by atoms with Gasteiger partial charge in [-0.3, -0.25) is 9.59 Å². The highest BCUT2D eigenvalue weighted by atomic mass is 79.9. The number of halogens is 1. The van der Waals surface area contributed by atoms with Gasteiger partial charge < -0.3 is 5.32 Å². The van der Waals surface area contributed by atoms with E-state index >= 15 is 0 Å². The molecule has 0 heterocycles. The Bertz CT molecular complexity index is 194. The normalized spacial score (nSPS) is 14.8. The van der Waals surface area contributed by atoms with Crippen molar-refractivity contribution in [2.24, 2.45) is 5.92 Å². The number of amides is 1. The smallest absolute Gasteiger partial charge is 0.217 e. The summed E-state index contributed by atoms with van der Waals surface area (Å²) in [5.41, 5.74) is 0. The first-order chi connectivity index (χ1) is 6.02. The average molecular weight is 250 g/mol. The van der Waals surface area contributed by atoms with Crippen LogP contribution in [0.15, 0.2) is 0 Å². The van der Waals surface area contributed by atoms with Gasteiger partial charge in [-0.05, 0) is 5.92 Å². The van der Waals surface area contributed by atoms with Crippen molar-refractivity contribution in [1.82, 2.24) is 5.32 Å². The molecule has 0 saturated heterocycles. The summed E-state index contributed by atoms with van der Waals surface area (Å²) in [5.74, 6) is 0.0677. The van der Waals surface area contributed by atoms with Gasteiger partial charge in [0, 0.05) is 6.92 Å². The summed E-state index contributed by atoms with van der Waals surface area (Å²) < 4.78 is 0. The third kappa shape index (κ3) is 4.41. The van der Waals surface area contributed by atoms with Crippen LogP contribution in [-0.2, 0) is 9.59 Å². The Hall–Kier alpha value is -0.380. The number of Topliss-reactive ketones (excluding diaryl/α,β-unsaturated/α-hetero) is 1. The summed E-state index contributed by atoms with van der Waals surface area (Å²) in [6.07, 6.45) is 0.879. The summed E-state index contributed by atoms with van der Waals surface area (Å²) in [6.45, 7) is 5.39. The van der Waals surface area contributed by atoms with E-state index in [0.717, 1.165) is 6.42 Å². The zero-order valence-electron chi connectivity index (χ0n) is 8.26. The number of hydrogen-bond acceptors (Lipinski definition) is 2. The van der Waals surface area contributed by atoms with Gasteiger partial charge in [0.25, 0.3) is 0 Å². The van der Waals surface area contributed by atoms with Crippen molar-refractivity contribution >= 4 is 27.6 Å². The van der Waals surface area contributed by atoms with Gasteiger partial charge in [0.05, 0.1) is 11.4 Å². The minimum absolute atomic E-state index is 0.0320. The molecular weight excluding hydrogens is 234 g/mol. The van der Waals surface area contributed by atoms with Gasteiger partial charge in [-0.25, -0.2) is 0 Å². The van der Waals surface area contributed by atoms with Gasteiger partial charge in [0.15, 0.2) is 5.78 Å². The number of hydrogen-bond donors (Lipinski definition) is 1. The molecule has 0 bridgehead atoms. The molecule has 2 atom stereocenters. The zero-order chi connectivity index (χ0) is 10.4. The summed E-state index contributed by atoms with van der Waals surface area (Å²) in [6, 6.07) is -0.345. The highest BCUT2D eigenvalue weighted by Gasteiger charge is 2.23. The standard InChI is InChI=1S/C9H16BrNO2/c1-4-6(2)9(8(13)5-10)11-7(3)12/h6,9H,4-5H2,1-3H3,(H,11,12). The quantitative estimate of drug-likeness (QED) is 0.751. The van der Waals surface area contributed by atoms with E-state index in [1.54, 1.807) is 0 Å². The Morgan fingerprint density at radius 2 is 2.00 bits per heavy atom. The van der Waals surface area contributed by atoms with E-state index in [2.05, 4.69) is 21.2 Å². The van der Waals surface area contributed by atoms with Crippen LogP contribution in [0.3, 0.4) is 0 Å². The molecule has 13 heavy (non-hydrogen) atoms. The molecule has 0 rings (SSSR count). The molecule has 0 spiro atoms.